The number of aromatic nitrogens is 3. The molecule has 0 radical (unpaired) electrons. The van der Waals surface area contributed by atoms with E-state index in [0.29, 0.717) is 22.3 Å². The van der Waals surface area contributed by atoms with Gasteiger partial charge < -0.3 is 16.4 Å². The Morgan fingerprint density at radius 2 is 1.78 bits per heavy atom. The molecule has 0 atom stereocenters. The van der Waals surface area contributed by atoms with Crippen LogP contribution >= 0.6 is 11.6 Å². The van der Waals surface area contributed by atoms with Gasteiger partial charge in [0.05, 0.1) is 11.9 Å². The van der Waals surface area contributed by atoms with Gasteiger partial charge in [0.2, 0.25) is 0 Å². The highest BCUT2D eigenvalue weighted by molar-refractivity contribution is 6.31. The van der Waals surface area contributed by atoms with E-state index in [9.17, 15) is 0 Å². The van der Waals surface area contributed by atoms with Crippen LogP contribution in [0.5, 0.6) is 0 Å². The van der Waals surface area contributed by atoms with E-state index >= 15 is 0 Å². The Morgan fingerprint density at radius 1 is 1.04 bits per heavy atom. The molecule has 116 valence electrons. The van der Waals surface area contributed by atoms with Crippen LogP contribution in [0.3, 0.4) is 0 Å². The lowest BCUT2D eigenvalue weighted by Crippen LogP contribution is -2.05. The highest BCUT2D eigenvalue weighted by atomic mass is 35.5. The van der Waals surface area contributed by atoms with Crippen LogP contribution in [-0.2, 0) is 0 Å². The van der Waals surface area contributed by atoms with Gasteiger partial charge in [-0.1, -0.05) is 17.7 Å². The standard InChI is InChI=1S/C16H15ClN6/c1-10-4-5-11(7-13(10)17)22-15-14(18)16(21-9-20-15)23-12-3-2-6-19-8-12/h2-9H,18H2,1H3,(H2,20,21,22,23). The molecule has 0 saturated carbocycles. The van der Waals surface area contributed by atoms with Gasteiger partial charge in [0.25, 0.3) is 0 Å². The lowest BCUT2D eigenvalue weighted by molar-refractivity contribution is 1.17. The monoisotopic (exact) mass is 326 g/mol. The van der Waals surface area contributed by atoms with E-state index in [-0.39, 0.29) is 0 Å². The summed E-state index contributed by atoms with van der Waals surface area (Å²) in [6, 6.07) is 9.37. The first-order valence-electron chi connectivity index (χ1n) is 6.94. The Balaban J connectivity index is 1.86. The second-order valence-electron chi connectivity index (χ2n) is 4.94. The maximum Gasteiger partial charge on any atom is 0.159 e. The van der Waals surface area contributed by atoms with Crippen LogP contribution in [0, 0.1) is 6.92 Å². The minimum Gasteiger partial charge on any atom is -0.393 e. The summed E-state index contributed by atoms with van der Waals surface area (Å²) in [5, 5.41) is 6.94. The zero-order chi connectivity index (χ0) is 16.2. The fourth-order valence-electron chi connectivity index (χ4n) is 1.98. The molecule has 0 spiro atoms. The third-order valence-electron chi connectivity index (χ3n) is 3.24. The number of nitrogens with zero attached hydrogens (tertiary/aromatic N) is 3. The number of hydrogen-bond acceptors (Lipinski definition) is 6. The summed E-state index contributed by atoms with van der Waals surface area (Å²) < 4.78 is 0. The molecule has 0 saturated heterocycles. The molecule has 3 aromatic rings. The van der Waals surface area contributed by atoms with E-state index in [1.54, 1.807) is 12.4 Å². The zero-order valence-electron chi connectivity index (χ0n) is 12.4. The minimum absolute atomic E-state index is 0.410. The summed E-state index contributed by atoms with van der Waals surface area (Å²) in [4.78, 5) is 12.4. The number of pyridine rings is 1. The first-order valence-corrected chi connectivity index (χ1v) is 7.32. The average Bonchev–Trinajstić information content (AvgIpc) is 2.56. The largest absolute Gasteiger partial charge is 0.393 e. The van der Waals surface area contributed by atoms with E-state index in [4.69, 9.17) is 17.3 Å². The average molecular weight is 327 g/mol. The van der Waals surface area contributed by atoms with Gasteiger partial charge in [-0.05, 0) is 36.8 Å². The molecule has 0 aliphatic rings. The van der Waals surface area contributed by atoms with Crippen molar-refractivity contribution in [3.05, 3.63) is 59.6 Å². The summed E-state index contributed by atoms with van der Waals surface area (Å²) in [5.74, 6) is 1.01. The van der Waals surface area contributed by atoms with Crippen molar-refractivity contribution in [1.82, 2.24) is 15.0 Å². The van der Waals surface area contributed by atoms with Gasteiger partial charge in [-0.25, -0.2) is 9.97 Å². The summed E-state index contributed by atoms with van der Waals surface area (Å²) in [7, 11) is 0. The molecule has 2 heterocycles. The van der Waals surface area contributed by atoms with Gasteiger partial charge in [0, 0.05) is 16.9 Å². The predicted octanol–water partition coefficient (Wildman–Crippen LogP) is 3.90. The summed E-state index contributed by atoms with van der Waals surface area (Å²) in [6.45, 7) is 1.95. The van der Waals surface area contributed by atoms with Gasteiger partial charge in [0.15, 0.2) is 11.6 Å². The molecule has 0 unspecified atom stereocenters. The van der Waals surface area contributed by atoms with Crippen molar-refractivity contribution in [3.8, 4) is 0 Å². The SMILES string of the molecule is Cc1ccc(Nc2ncnc(Nc3cccnc3)c2N)cc1Cl. The van der Waals surface area contributed by atoms with Gasteiger partial charge in [0.1, 0.15) is 12.0 Å². The molecule has 2 aromatic heterocycles. The lowest BCUT2D eigenvalue weighted by Gasteiger charge is -2.13. The van der Waals surface area contributed by atoms with Crippen LogP contribution in [0.25, 0.3) is 0 Å². The number of nitrogen functional groups attached to an aromatic ring is 1. The smallest absolute Gasteiger partial charge is 0.159 e. The van der Waals surface area contributed by atoms with Crippen LogP contribution in [-0.4, -0.2) is 15.0 Å². The highest BCUT2D eigenvalue weighted by Crippen LogP contribution is 2.29. The molecule has 0 amide bonds. The number of nitrogens with one attached hydrogen (secondary N) is 2. The number of aryl methyl sites for hydroxylation is 1. The van der Waals surface area contributed by atoms with Gasteiger partial charge in [-0.15, -0.1) is 0 Å². The van der Waals surface area contributed by atoms with Crippen molar-refractivity contribution in [2.75, 3.05) is 16.4 Å². The fraction of sp³-hybridized carbons (Fsp3) is 0.0625. The summed E-state index contributed by atoms with van der Waals surface area (Å²) >= 11 is 6.14. The Morgan fingerprint density at radius 3 is 2.43 bits per heavy atom. The van der Waals surface area contributed by atoms with Crippen LogP contribution in [0.15, 0.2) is 49.1 Å². The van der Waals surface area contributed by atoms with Crippen molar-refractivity contribution < 1.29 is 0 Å². The molecular weight excluding hydrogens is 312 g/mol. The Hall–Kier alpha value is -2.86. The van der Waals surface area contributed by atoms with Crippen molar-refractivity contribution in [1.29, 1.82) is 0 Å². The lowest BCUT2D eigenvalue weighted by atomic mass is 10.2. The second-order valence-corrected chi connectivity index (χ2v) is 5.35. The molecule has 23 heavy (non-hydrogen) atoms. The van der Waals surface area contributed by atoms with Crippen molar-refractivity contribution in [2.45, 2.75) is 6.92 Å². The number of rotatable bonds is 4. The first-order chi connectivity index (χ1) is 11.1. The maximum absolute atomic E-state index is 6.14. The Kier molecular flexibility index (Phi) is 4.25. The maximum atomic E-state index is 6.14. The van der Waals surface area contributed by atoms with Crippen LogP contribution in [0.4, 0.5) is 28.7 Å². The molecule has 3 rings (SSSR count). The molecule has 1 aromatic carbocycles. The number of anilines is 5. The topological polar surface area (TPSA) is 88.8 Å². The second kappa shape index (κ2) is 6.50. The number of hydrogen-bond donors (Lipinski definition) is 3. The predicted molar refractivity (Wildman–Crippen MR) is 93.4 cm³/mol. The molecule has 7 heteroatoms. The van der Waals surface area contributed by atoms with Gasteiger partial charge >= 0.3 is 0 Å². The number of halogens is 1. The van der Waals surface area contributed by atoms with Gasteiger partial charge in [-0.3, -0.25) is 4.98 Å². The van der Waals surface area contributed by atoms with E-state index in [1.165, 1.54) is 6.33 Å². The van der Waals surface area contributed by atoms with Crippen LogP contribution < -0.4 is 16.4 Å². The summed E-state index contributed by atoms with van der Waals surface area (Å²) in [5.41, 5.74) is 9.16. The first kappa shape index (κ1) is 15.1. The van der Waals surface area contributed by atoms with Crippen molar-refractivity contribution in [3.63, 3.8) is 0 Å². The highest BCUT2D eigenvalue weighted by Gasteiger charge is 2.09. The quantitative estimate of drug-likeness (QED) is 0.673. The normalized spacial score (nSPS) is 10.3. The van der Waals surface area contributed by atoms with Crippen molar-refractivity contribution in [2.24, 2.45) is 0 Å². The molecule has 0 fully saturated rings. The third-order valence-corrected chi connectivity index (χ3v) is 3.65. The molecule has 4 N–H and O–H groups in total. The van der Waals surface area contributed by atoms with Crippen LogP contribution in [0.2, 0.25) is 5.02 Å². The molecule has 6 nitrogen and oxygen atoms in total. The molecule has 0 bridgehead atoms. The van der Waals surface area contributed by atoms with E-state index in [2.05, 4.69) is 25.6 Å². The minimum atomic E-state index is 0.410. The zero-order valence-corrected chi connectivity index (χ0v) is 13.2. The number of benzene rings is 1. The number of nitrogens with two attached hydrogens (primary N) is 1. The Labute approximate surface area is 138 Å². The van der Waals surface area contributed by atoms with Gasteiger partial charge in [-0.2, -0.15) is 0 Å². The fourth-order valence-corrected chi connectivity index (χ4v) is 2.16. The molecular formula is C16H15ClN6. The van der Waals surface area contributed by atoms with E-state index < -0.39 is 0 Å². The summed E-state index contributed by atoms with van der Waals surface area (Å²) in [6.07, 6.45) is 4.82. The van der Waals surface area contributed by atoms with E-state index in [0.717, 1.165) is 16.9 Å². The van der Waals surface area contributed by atoms with E-state index in [1.807, 2.05) is 37.3 Å². The van der Waals surface area contributed by atoms with Crippen LogP contribution in [0.1, 0.15) is 5.56 Å². The molecule has 0 aliphatic heterocycles. The molecule has 0 aliphatic carbocycles. The third kappa shape index (κ3) is 3.49. The van der Waals surface area contributed by atoms with Crippen molar-refractivity contribution >= 4 is 40.3 Å². The Bertz CT molecular complexity index is 822.